The van der Waals surface area contributed by atoms with Crippen molar-refractivity contribution in [1.82, 2.24) is 14.9 Å². The Hall–Kier alpha value is -4.34. The second-order valence-corrected chi connectivity index (χ2v) is 6.97. The third kappa shape index (κ3) is 3.62. The lowest BCUT2D eigenvalue weighted by atomic mass is 10.0. The van der Waals surface area contributed by atoms with Gasteiger partial charge in [-0.3, -0.25) is 14.9 Å². The molecule has 8 nitrogen and oxygen atoms in total. The van der Waals surface area contributed by atoms with Gasteiger partial charge in [0.2, 0.25) is 5.88 Å². The fourth-order valence-corrected chi connectivity index (χ4v) is 3.42. The number of primary amides is 1. The topological polar surface area (TPSA) is 116 Å². The zero-order chi connectivity index (χ0) is 23.0. The molecule has 3 N–H and O–H groups in total. The van der Waals surface area contributed by atoms with Crippen molar-refractivity contribution in [2.75, 3.05) is 5.32 Å². The van der Waals surface area contributed by atoms with E-state index in [9.17, 15) is 18.4 Å². The summed E-state index contributed by atoms with van der Waals surface area (Å²) in [6.45, 7) is 3.52. The van der Waals surface area contributed by atoms with Gasteiger partial charge in [0.15, 0.2) is 0 Å². The standard InChI is InChI=1S/C22H17F2N5O3/c1-11-17(12(2)29(27-11)14-6-4-3-5-7-14)19-18(20(25)30)22(32-28-19)26-21(31)15-9-8-13(23)10-16(15)24/h3-10H,1-2H3,(H2,25,30)(H,26,31). The van der Waals surface area contributed by atoms with Gasteiger partial charge in [-0.05, 0) is 38.1 Å². The first-order valence-corrected chi connectivity index (χ1v) is 9.45. The van der Waals surface area contributed by atoms with E-state index >= 15 is 0 Å². The van der Waals surface area contributed by atoms with Crippen LogP contribution in [0.25, 0.3) is 16.9 Å². The number of rotatable bonds is 5. The molecule has 2 aromatic carbocycles. The molecule has 0 saturated heterocycles. The summed E-state index contributed by atoms with van der Waals surface area (Å²) in [7, 11) is 0. The van der Waals surface area contributed by atoms with Crippen LogP contribution in [-0.4, -0.2) is 26.8 Å². The average Bonchev–Trinajstić information content (AvgIpc) is 3.28. The molecule has 2 amide bonds. The molecule has 0 aliphatic carbocycles. The maximum absolute atomic E-state index is 14.0. The lowest BCUT2D eigenvalue weighted by molar-refractivity contribution is 0.100. The van der Waals surface area contributed by atoms with Crippen molar-refractivity contribution in [2.45, 2.75) is 13.8 Å². The predicted octanol–water partition coefficient (Wildman–Crippen LogP) is 3.77. The summed E-state index contributed by atoms with van der Waals surface area (Å²) in [5, 5.41) is 10.7. The van der Waals surface area contributed by atoms with Crippen LogP contribution in [0.4, 0.5) is 14.7 Å². The molecule has 4 rings (SSSR count). The van der Waals surface area contributed by atoms with Gasteiger partial charge in [0.05, 0.1) is 22.6 Å². The molecular formula is C22H17F2N5O3. The van der Waals surface area contributed by atoms with E-state index in [-0.39, 0.29) is 17.1 Å². The molecule has 0 radical (unpaired) electrons. The number of nitrogens with zero attached hydrogens (tertiary/aromatic N) is 3. The van der Waals surface area contributed by atoms with Crippen LogP contribution in [-0.2, 0) is 0 Å². The first kappa shape index (κ1) is 20.9. The Labute approximate surface area is 180 Å². The quantitative estimate of drug-likeness (QED) is 0.493. The number of amides is 2. The Bertz CT molecular complexity index is 1350. The first-order chi connectivity index (χ1) is 15.3. The minimum atomic E-state index is -1.07. The normalized spacial score (nSPS) is 10.9. The van der Waals surface area contributed by atoms with E-state index in [1.807, 2.05) is 30.3 Å². The van der Waals surface area contributed by atoms with Crippen LogP contribution < -0.4 is 11.1 Å². The number of halogens is 2. The Balaban J connectivity index is 1.76. The third-order valence-corrected chi connectivity index (χ3v) is 4.87. The number of hydrogen-bond acceptors (Lipinski definition) is 5. The van der Waals surface area contributed by atoms with Gasteiger partial charge in [-0.25, -0.2) is 13.5 Å². The number of carbonyl (C=O) groups is 2. The minimum absolute atomic E-state index is 0.0876. The van der Waals surface area contributed by atoms with Crippen molar-refractivity contribution in [3.05, 3.63) is 82.7 Å². The van der Waals surface area contributed by atoms with E-state index in [0.717, 1.165) is 17.8 Å². The molecule has 0 saturated carbocycles. The monoisotopic (exact) mass is 437 g/mol. The summed E-state index contributed by atoms with van der Waals surface area (Å²) < 4.78 is 33.9. The Morgan fingerprint density at radius 3 is 2.47 bits per heavy atom. The molecule has 0 atom stereocenters. The summed E-state index contributed by atoms with van der Waals surface area (Å²) >= 11 is 0. The van der Waals surface area contributed by atoms with Crippen molar-refractivity contribution in [3.8, 4) is 16.9 Å². The van der Waals surface area contributed by atoms with Gasteiger partial charge < -0.3 is 10.3 Å². The molecule has 10 heteroatoms. The number of aryl methyl sites for hydroxylation is 1. The van der Waals surface area contributed by atoms with Crippen molar-refractivity contribution in [2.24, 2.45) is 5.73 Å². The van der Waals surface area contributed by atoms with E-state index < -0.39 is 29.0 Å². The minimum Gasteiger partial charge on any atom is -0.365 e. The molecule has 0 aliphatic rings. The summed E-state index contributed by atoms with van der Waals surface area (Å²) in [5.41, 5.74) is 7.49. The highest BCUT2D eigenvalue weighted by molar-refractivity contribution is 6.10. The van der Waals surface area contributed by atoms with E-state index in [1.54, 1.807) is 18.5 Å². The van der Waals surface area contributed by atoms with Crippen LogP contribution in [0.1, 0.15) is 32.1 Å². The number of aromatic nitrogens is 3. The van der Waals surface area contributed by atoms with Gasteiger partial charge in [0, 0.05) is 11.6 Å². The molecule has 162 valence electrons. The molecule has 32 heavy (non-hydrogen) atoms. The van der Waals surface area contributed by atoms with Crippen LogP contribution in [0.2, 0.25) is 0 Å². The summed E-state index contributed by atoms with van der Waals surface area (Å²) in [5.74, 6) is -4.13. The van der Waals surface area contributed by atoms with E-state index in [0.29, 0.717) is 23.0 Å². The fraction of sp³-hybridized carbons (Fsp3) is 0.0909. The number of nitrogens with one attached hydrogen (secondary N) is 1. The van der Waals surface area contributed by atoms with Gasteiger partial charge in [-0.15, -0.1) is 0 Å². The molecule has 0 aliphatic heterocycles. The number of hydrogen-bond donors (Lipinski definition) is 2. The van der Waals surface area contributed by atoms with Gasteiger partial charge in [-0.1, -0.05) is 23.4 Å². The molecule has 0 bridgehead atoms. The zero-order valence-corrected chi connectivity index (χ0v) is 17.0. The van der Waals surface area contributed by atoms with Gasteiger partial charge >= 0.3 is 0 Å². The molecule has 2 heterocycles. The van der Waals surface area contributed by atoms with Crippen LogP contribution >= 0.6 is 0 Å². The second kappa shape index (κ2) is 8.06. The lowest BCUT2D eigenvalue weighted by Gasteiger charge is -2.06. The number of benzene rings is 2. The van der Waals surface area contributed by atoms with Crippen molar-refractivity contribution in [1.29, 1.82) is 0 Å². The van der Waals surface area contributed by atoms with E-state index in [4.69, 9.17) is 10.3 Å². The Kier molecular flexibility index (Phi) is 5.27. The first-order valence-electron chi connectivity index (χ1n) is 9.45. The van der Waals surface area contributed by atoms with Crippen LogP contribution in [0.3, 0.4) is 0 Å². The van der Waals surface area contributed by atoms with Crippen molar-refractivity contribution < 1.29 is 22.9 Å². The number of carbonyl (C=O) groups excluding carboxylic acids is 2. The molecule has 4 aromatic rings. The Morgan fingerprint density at radius 1 is 1.09 bits per heavy atom. The number of para-hydroxylation sites is 1. The van der Waals surface area contributed by atoms with Gasteiger partial charge in [-0.2, -0.15) is 5.10 Å². The van der Waals surface area contributed by atoms with Crippen LogP contribution in [0.5, 0.6) is 0 Å². The van der Waals surface area contributed by atoms with Gasteiger partial charge in [0.1, 0.15) is 22.9 Å². The highest BCUT2D eigenvalue weighted by Crippen LogP contribution is 2.34. The van der Waals surface area contributed by atoms with Crippen molar-refractivity contribution >= 4 is 17.7 Å². The number of anilines is 1. The average molecular weight is 437 g/mol. The van der Waals surface area contributed by atoms with Crippen LogP contribution in [0, 0.1) is 25.5 Å². The molecule has 2 aromatic heterocycles. The summed E-state index contributed by atoms with van der Waals surface area (Å²) in [6, 6.07) is 11.8. The molecule has 0 unspecified atom stereocenters. The number of nitrogens with two attached hydrogens (primary N) is 1. The second-order valence-electron chi connectivity index (χ2n) is 6.97. The van der Waals surface area contributed by atoms with E-state index in [1.165, 1.54) is 0 Å². The SMILES string of the molecule is Cc1nn(-c2ccccc2)c(C)c1-c1noc(NC(=O)c2ccc(F)cc2F)c1C(N)=O. The lowest BCUT2D eigenvalue weighted by Crippen LogP contribution is -2.18. The molecule has 0 spiro atoms. The summed E-state index contributed by atoms with van der Waals surface area (Å²) in [4.78, 5) is 24.7. The molecular weight excluding hydrogens is 420 g/mol. The maximum Gasteiger partial charge on any atom is 0.261 e. The molecule has 0 fully saturated rings. The third-order valence-electron chi connectivity index (χ3n) is 4.87. The predicted molar refractivity (Wildman–Crippen MR) is 111 cm³/mol. The Morgan fingerprint density at radius 2 is 1.81 bits per heavy atom. The smallest absolute Gasteiger partial charge is 0.261 e. The summed E-state index contributed by atoms with van der Waals surface area (Å²) in [6.07, 6.45) is 0. The van der Waals surface area contributed by atoms with Crippen LogP contribution in [0.15, 0.2) is 53.1 Å². The zero-order valence-electron chi connectivity index (χ0n) is 17.0. The largest absolute Gasteiger partial charge is 0.365 e. The van der Waals surface area contributed by atoms with Crippen molar-refractivity contribution in [3.63, 3.8) is 0 Å². The highest BCUT2D eigenvalue weighted by Gasteiger charge is 2.28. The maximum atomic E-state index is 14.0. The van der Waals surface area contributed by atoms with Gasteiger partial charge in [0.25, 0.3) is 11.8 Å². The van der Waals surface area contributed by atoms with E-state index in [2.05, 4.69) is 15.6 Å². The highest BCUT2D eigenvalue weighted by atomic mass is 19.1. The fourth-order valence-electron chi connectivity index (χ4n) is 3.42.